The normalized spacial score (nSPS) is 12.5. The second-order valence-corrected chi connectivity index (χ2v) is 3.65. The van der Waals surface area contributed by atoms with Gasteiger partial charge < -0.3 is 4.90 Å². The van der Waals surface area contributed by atoms with Crippen LogP contribution in [0.4, 0.5) is 4.39 Å². The number of amides is 1. The Labute approximate surface area is 78.7 Å². The fourth-order valence-corrected chi connectivity index (χ4v) is 1.04. The summed E-state index contributed by atoms with van der Waals surface area (Å²) in [6.07, 6.45) is 2.35. The van der Waals surface area contributed by atoms with Crippen LogP contribution in [-0.2, 0) is 4.79 Å². The zero-order chi connectivity index (χ0) is 10.6. The van der Waals surface area contributed by atoms with Crippen LogP contribution in [0.1, 0.15) is 13.8 Å². The molecule has 0 N–H and O–H groups in total. The lowest BCUT2D eigenvalue weighted by Crippen LogP contribution is -2.34. The van der Waals surface area contributed by atoms with Crippen LogP contribution in [-0.4, -0.2) is 24.9 Å². The summed E-state index contributed by atoms with van der Waals surface area (Å²) in [5.41, 5.74) is -0.818. The molecule has 0 rings (SSSR count). The van der Waals surface area contributed by atoms with Gasteiger partial charge in [-0.15, -0.1) is 0 Å². The second-order valence-electron chi connectivity index (χ2n) is 3.65. The van der Waals surface area contributed by atoms with Gasteiger partial charge in [-0.2, -0.15) is 0 Å². The fourth-order valence-electron chi connectivity index (χ4n) is 1.04. The predicted octanol–water partition coefficient (Wildman–Crippen LogP) is 2.14. The maximum Gasteiger partial charge on any atom is 0.231 e. The highest BCUT2D eigenvalue weighted by Gasteiger charge is 2.27. The van der Waals surface area contributed by atoms with Crippen LogP contribution in [0.5, 0.6) is 0 Å². The molecule has 0 aliphatic carbocycles. The first kappa shape index (κ1) is 11.9. The molecule has 0 aromatic rings. The second kappa shape index (κ2) is 4.21. The van der Waals surface area contributed by atoms with E-state index in [0.717, 1.165) is 6.08 Å². The van der Waals surface area contributed by atoms with Gasteiger partial charge in [0.1, 0.15) is 5.83 Å². The average Bonchev–Trinajstić information content (AvgIpc) is 2.01. The summed E-state index contributed by atoms with van der Waals surface area (Å²) >= 11 is 0. The van der Waals surface area contributed by atoms with Crippen LogP contribution >= 0.6 is 0 Å². The van der Waals surface area contributed by atoms with Gasteiger partial charge in [-0.3, -0.25) is 4.79 Å². The molecule has 0 heterocycles. The van der Waals surface area contributed by atoms with Gasteiger partial charge in [0, 0.05) is 14.1 Å². The molecule has 0 radical (unpaired) electrons. The first-order valence-corrected chi connectivity index (χ1v) is 4.04. The van der Waals surface area contributed by atoms with Crippen molar-refractivity contribution >= 4 is 5.91 Å². The maximum absolute atomic E-state index is 12.8. The van der Waals surface area contributed by atoms with Crippen molar-refractivity contribution in [2.24, 2.45) is 5.41 Å². The van der Waals surface area contributed by atoms with E-state index >= 15 is 0 Å². The molecule has 3 heteroatoms. The van der Waals surface area contributed by atoms with Crippen molar-refractivity contribution in [2.75, 3.05) is 14.1 Å². The summed E-state index contributed by atoms with van der Waals surface area (Å²) < 4.78 is 12.8. The Morgan fingerprint density at radius 1 is 1.46 bits per heavy atom. The Hall–Kier alpha value is -1.12. The van der Waals surface area contributed by atoms with Gasteiger partial charge in [-0.1, -0.05) is 6.58 Å². The van der Waals surface area contributed by atoms with Crippen molar-refractivity contribution < 1.29 is 9.18 Å². The standard InChI is InChI=1S/C10H16FNO/c1-6-8(11)7-10(2,3)9(13)12(4)5/h6-7H,1H2,2-5H3/b8-7+. The minimum Gasteiger partial charge on any atom is -0.348 e. The molecule has 1 amide bonds. The lowest BCUT2D eigenvalue weighted by atomic mass is 9.91. The maximum atomic E-state index is 12.8. The van der Waals surface area contributed by atoms with Crippen molar-refractivity contribution in [3.8, 4) is 0 Å². The predicted molar refractivity (Wildman–Crippen MR) is 51.9 cm³/mol. The van der Waals surface area contributed by atoms with Crippen molar-refractivity contribution in [3.63, 3.8) is 0 Å². The van der Waals surface area contributed by atoms with E-state index in [0.29, 0.717) is 0 Å². The van der Waals surface area contributed by atoms with Crippen LogP contribution in [0.2, 0.25) is 0 Å². The third-order valence-corrected chi connectivity index (χ3v) is 1.65. The van der Waals surface area contributed by atoms with E-state index in [-0.39, 0.29) is 5.91 Å². The highest BCUT2D eigenvalue weighted by molar-refractivity contribution is 5.83. The third kappa shape index (κ3) is 3.40. The van der Waals surface area contributed by atoms with Gasteiger partial charge in [-0.05, 0) is 26.0 Å². The van der Waals surface area contributed by atoms with Gasteiger partial charge >= 0.3 is 0 Å². The molecule has 0 aliphatic rings. The molecule has 0 aromatic heterocycles. The Morgan fingerprint density at radius 2 is 1.92 bits per heavy atom. The monoisotopic (exact) mass is 185 g/mol. The molecule has 0 saturated heterocycles. The minimum atomic E-state index is -0.818. The summed E-state index contributed by atoms with van der Waals surface area (Å²) in [7, 11) is 3.29. The van der Waals surface area contributed by atoms with Crippen LogP contribution in [0.15, 0.2) is 24.6 Å². The molecule has 0 spiro atoms. The molecule has 74 valence electrons. The van der Waals surface area contributed by atoms with Crippen LogP contribution < -0.4 is 0 Å². The zero-order valence-electron chi connectivity index (χ0n) is 8.60. The van der Waals surface area contributed by atoms with Gasteiger partial charge in [0.2, 0.25) is 5.91 Å². The van der Waals surface area contributed by atoms with E-state index in [2.05, 4.69) is 6.58 Å². The molecule has 0 unspecified atom stereocenters. The quantitative estimate of drug-likeness (QED) is 0.617. The first-order chi connectivity index (χ1) is 5.81. The molecule has 0 fully saturated rings. The lowest BCUT2D eigenvalue weighted by molar-refractivity contribution is -0.135. The summed E-state index contributed by atoms with van der Waals surface area (Å²) in [6, 6.07) is 0. The highest BCUT2D eigenvalue weighted by Crippen LogP contribution is 2.22. The Balaban J connectivity index is 4.76. The summed E-state index contributed by atoms with van der Waals surface area (Å²) in [4.78, 5) is 12.9. The number of hydrogen-bond acceptors (Lipinski definition) is 1. The smallest absolute Gasteiger partial charge is 0.231 e. The molecule has 0 aliphatic heterocycles. The van der Waals surface area contributed by atoms with Crippen LogP contribution in [0.3, 0.4) is 0 Å². The largest absolute Gasteiger partial charge is 0.348 e. The molecule has 0 bridgehead atoms. The molecule has 0 atom stereocenters. The number of halogens is 1. The Kier molecular flexibility index (Phi) is 3.85. The first-order valence-electron chi connectivity index (χ1n) is 4.04. The summed E-state index contributed by atoms with van der Waals surface area (Å²) in [6.45, 7) is 6.61. The van der Waals surface area contributed by atoms with E-state index in [1.54, 1.807) is 27.9 Å². The number of rotatable bonds is 3. The number of carbonyl (C=O) groups excluding carboxylic acids is 1. The van der Waals surface area contributed by atoms with E-state index in [4.69, 9.17) is 0 Å². The van der Waals surface area contributed by atoms with Crippen molar-refractivity contribution in [2.45, 2.75) is 13.8 Å². The molecule has 0 aromatic carbocycles. The summed E-state index contributed by atoms with van der Waals surface area (Å²) in [5.74, 6) is -0.607. The van der Waals surface area contributed by atoms with E-state index in [1.165, 1.54) is 11.0 Å². The van der Waals surface area contributed by atoms with Crippen LogP contribution in [0.25, 0.3) is 0 Å². The topological polar surface area (TPSA) is 20.3 Å². The van der Waals surface area contributed by atoms with Gasteiger partial charge in [0.05, 0.1) is 5.41 Å². The number of carbonyl (C=O) groups is 1. The fraction of sp³-hybridized carbons (Fsp3) is 0.500. The Morgan fingerprint density at radius 3 is 2.23 bits per heavy atom. The molecular weight excluding hydrogens is 169 g/mol. The lowest BCUT2D eigenvalue weighted by Gasteiger charge is -2.23. The van der Waals surface area contributed by atoms with E-state index in [1.807, 2.05) is 0 Å². The van der Waals surface area contributed by atoms with Gasteiger partial charge in [0.15, 0.2) is 0 Å². The van der Waals surface area contributed by atoms with Crippen molar-refractivity contribution in [1.82, 2.24) is 4.90 Å². The summed E-state index contributed by atoms with van der Waals surface area (Å²) in [5, 5.41) is 0. The highest BCUT2D eigenvalue weighted by atomic mass is 19.1. The SMILES string of the molecule is C=C/C(F)=C\C(C)(C)C(=O)N(C)C. The molecule has 13 heavy (non-hydrogen) atoms. The van der Waals surface area contributed by atoms with Crippen molar-refractivity contribution in [1.29, 1.82) is 0 Å². The Bertz CT molecular complexity index is 241. The van der Waals surface area contributed by atoms with Gasteiger partial charge in [0.25, 0.3) is 0 Å². The number of hydrogen-bond donors (Lipinski definition) is 0. The third-order valence-electron chi connectivity index (χ3n) is 1.65. The molecule has 0 saturated carbocycles. The number of allylic oxidation sites excluding steroid dienone is 2. The molecule has 2 nitrogen and oxygen atoms in total. The molecular formula is C10H16FNO. The van der Waals surface area contributed by atoms with E-state index in [9.17, 15) is 9.18 Å². The number of nitrogens with zero attached hydrogens (tertiary/aromatic N) is 1. The van der Waals surface area contributed by atoms with Crippen molar-refractivity contribution in [3.05, 3.63) is 24.6 Å². The van der Waals surface area contributed by atoms with E-state index < -0.39 is 11.2 Å². The van der Waals surface area contributed by atoms with Crippen LogP contribution in [0, 0.1) is 5.41 Å². The average molecular weight is 185 g/mol. The minimum absolute atomic E-state index is 0.135. The zero-order valence-corrected chi connectivity index (χ0v) is 8.60. The van der Waals surface area contributed by atoms with Gasteiger partial charge in [-0.25, -0.2) is 4.39 Å².